The van der Waals surface area contributed by atoms with E-state index in [2.05, 4.69) is 28.2 Å². The van der Waals surface area contributed by atoms with Crippen molar-refractivity contribution in [1.82, 2.24) is 15.0 Å². The second-order valence-electron chi connectivity index (χ2n) is 7.54. The van der Waals surface area contributed by atoms with Crippen molar-refractivity contribution in [2.24, 2.45) is 0 Å². The van der Waals surface area contributed by atoms with E-state index >= 15 is 0 Å². The summed E-state index contributed by atoms with van der Waals surface area (Å²) in [6, 6.07) is 27.1. The molecule has 1 aliphatic rings. The number of hydrazine groups is 1. The van der Waals surface area contributed by atoms with Gasteiger partial charge in [-0.3, -0.25) is 15.0 Å². The number of thiocarbonyl (C=S) groups is 1. The number of thioether (sulfide) groups is 1. The van der Waals surface area contributed by atoms with Crippen molar-refractivity contribution in [3.63, 3.8) is 0 Å². The first kappa shape index (κ1) is 21.2. The molecule has 0 saturated carbocycles. The number of aromatic nitrogens is 1. The van der Waals surface area contributed by atoms with Crippen molar-refractivity contribution in [3.8, 4) is 0 Å². The first-order chi connectivity index (χ1) is 16.1. The summed E-state index contributed by atoms with van der Waals surface area (Å²) in [6.45, 7) is 0.725. The van der Waals surface area contributed by atoms with Crippen LogP contribution in [0.2, 0.25) is 0 Å². The fraction of sp³-hybridized carbons (Fsp3) is 0.0385. The summed E-state index contributed by atoms with van der Waals surface area (Å²) in [5.41, 5.74) is 6.29. The van der Waals surface area contributed by atoms with Crippen LogP contribution in [-0.2, 0) is 11.3 Å². The zero-order valence-electron chi connectivity index (χ0n) is 17.5. The van der Waals surface area contributed by atoms with Crippen LogP contribution < -0.4 is 5.43 Å². The van der Waals surface area contributed by atoms with Crippen LogP contribution >= 0.6 is 24.0 Å². The normalized spacial score (nSPS) is 14.9. The molecule has 0 spiro atoms. The summed E-state index contributed by atoms with van der Waals surface area (Å²) in [5.74, 6) is -0.721. The number of rotatable bonds is 5. The van der Waals surface area contributed by atoms with E-state index in [0.717, 1.165) is 28.0 Å². The molecule has 0 aliphatic carbocycles. The van der Waals surface area contributed by atoms with Crippen molar-refractivity contribution >= 4 is 57.1 Å². The summed E-state index contributed by atoms with van der Waals surface area (Å²) in [6.07, 6.45) is 3.89. The number of benzene rings is 3. The van der Waals surface area contributed by atoms with E-state index < -0.39 is 0 Å². The topological polar surface area (TPSA) is 54.3 Å². The second kappa shape index (κ2) is 9.05. The van der Waals surface area contributed by atoms with Crippen LogP contribution in [0.15, 0.2) is 96.0 Å². The summed E-state index contributed by atoms with van der Waals surface area (Å²) >= 11 is 6.55. The number of nitrogens with one attached hydrogen (secondary N) is 1. The lowest BCUT2D eigenvalue weighted by molar-refractivity contribution is -0.123. The zero-order chi connectivity index (χ0) is 22.8. The van der Waals surface area contributed by atoms with Gasteiger partial charge in [0.15, 0.2) is 4.32 Å². The lowest BCUT2D eigenvalue weighted by Gasteiger charge is -2.15. The van der Waals surface area contributed by atoms with Gasteiger partial charge in [0.05, 0.1) is 4.91 Å². The summed E-state index contributed by atoms with van der Waals surface area (Å²) in [4.78, 5) is 26.0. The van der Waals surface area contributed by atoms with E-state index in [-0.39, 0.29) is 11.8 Å². The number of nitrogens with zero attached hydrogens (tertiary/aromatic N) is 2. The molecule has 1 aliphatic heterocycles. The molecule has 2 heterocycles. The highest BCUT2D eigenvalue weighted by atomic mass is 32.2. The molecular formula is C26H19N3O2S2. The monoisotopic (exact) mass is 469 g/mol. The van der Waals surface area contributed by atoms with E-state index in [4.69, 9.17) is 12.2 Å². The van der Waals surface area contributed by atoms with E-state index in [1.54, 1.807) is 24.3 Å². The number of fused-ring (bicyclic) bond motifs is 1. The van der Waals surface area contributed by atoms with Crippen molar-refractivity contribution in [3.05, 3.63) is 113 Å². The fourth-order valence-corrected chi connectivity index (χ4v) is 4.93. The number of hydrogen-bond donors (Lipinski definition) is 1. The highest BCUT2D eigenvalue weighted by Crippen LogP contribution is 2.33. The molecule has 7 heteroatoms. The SMILES string of the molecule is O=C(NN1C(=O)/C(=C/c2cn(Cc3ccccc3)c3ccccc23)SC1=S)c1ccccc1. The van der Waals surface area contributed by atoms with Crippen molar-refractivity contribution in [2.45, 2.75) is 6.54 Å². The van der Waals surface area contributed by atoms with Gasteiger partial charge in [0, 0.05) is 34.8 Å². The predicted octanol–water partition coefficient (Wildman–Crippen LogP) is 5.24. The Balaban J connectivity index is 1.43. The summed E-state index contributed by atoms with van der Waals surface area (Å²) < 4.78 is 2.47. The van der Waals surface area contributed by atoms with Crippen LogP contribution in [0, 0.1) is 0 Å². The minimum atomic E-state index is -0.382. The van der Waals surface area contributed by atoms with Crippen LogP contribution in [0.25, 0.3) is 17.0 Å². The quantitative estimate of drug-likeness (QED) is 0.321. The molecule has 1 N–H and O–H groups in total. The van der Waals surface area contributed by atoms with Crippen LogP contribution in [-0.4, -0.2) is 25.7 Å². The van der Waals surface area contributed by atoms with Gasteiger partial charge in [-0.25, -0.2) is 0 Å². The molecule has 0 bridgehead atoms. The third-order valence-electron chi connectivity index (χ3n) is 5.34. The van der Waals surface area contributed by atoms with E-state index in [0.29, 0.717) is 14.8 Å². The van der Waals surface area contributed by atoms with Crippen molar-refractivity contribution in [2.75, 3.05) is 0 Å². The van der Waals surface area contributed by atoms with E-state index in [9.17, 15) is 9.59 Å². The van der Waals surface area contributed by atoms with Gasteiger partial charge in [0.1, 0.15) is 0 Å². The lowest BCUT2D eigenvalue weighted by Crippen LogP contribution is -2.44. The highest BCUT2D eigenvalue weighted by molar-refractivity contribution is 8.26. The molecule has 5 nitrogen and oxygen atoms in total. The van der Waals surface area contributed by atoms with Gasteiger partial charge in [-0.1, -0.05) is 78.5 Å². The van der Waals surface area contributed by atoms with Crippen molar-refractivity contribution < 1.29 is 9.59 Å². The molecule has 1 aromatic heterocycles. The molecular weight excluding hydrogens is 450 g/mol. The molecule has 1 saturated heterocycles. The Morgan fingerprint density at radius 3 is 2.36 bits per heavy atom. The summed E-state index contributed by atoms with van der Waals surface area (Å²) in [7, 11) is 0. The van der Waals surface area contributed by atoms with Gasteiger partial charge >= 0.3 is 0 Å². The Bertz CT molecular complexity index is 1400. The smallest absolute Gasteiger partial charge is 0.285 e. The average molecular weight is 470 g/mol. The highest BCUT2D eigenvalue weighted by Gasteiger charge is 2.34. The Morgan fingerprint density at radius 1 is 0.939 bits per heavy atom. The van der Waals surface area contributed by atoms with Crippen LogP contribution in [0.5, 0.6) is 0 Å². The van der Waals surface area contributed by atoms with Gasteiger partial charge in [-0.15, -0.1) is 0 Å². The molecule has 0 unspecified atom stereocenters. The lowest BCUT2D eigenvalue weighted by atomic mass is 10.1. The van der Waals surface area contributed by atoms with Gasteiger partial charge in [-0.05, 0) is 42.1 Å². The first-order valence-electron chi connectivity index (χ1n) is 10.4. The predicted molar refractivity (Wildman–Crippen MR) is 136 cm³/mol. The molecule has 4 aromatic rings. The van der Waals surface area contributed by atoms with Crippen LogP contribution in [0.1, 0.15) is 21.5 Å². The minimum absolute atomic E-state index is 0.295. The van der Waals surface area contributed by atoms with Gasteiger partial charge in [0.2, 0.25) is 0 Å². The summed E-state index contributed by atoms with van der Waals surface area (Å²) in [5, 5.41) is 2.19. The maximum atomic E-state index is 13.0. The molecule has 162 valence electrons. The average Bonchev–Trinajstić information content (AvgIpc) is 3.32. The number of para-hydroxylation sites is 1. The Hall–Kier alpha value is -3.68. The van der Waals surface area contributed by atoms with Gasteiger partial charge in [-0.2, -0.15) is 5.01 Å². The fourth-order valence-electron chi connectivity index (χ4n) is 3.76. The Kier molecular flexibility index (Phi) is 5.81. The minimum Gasteiger partial charge on any atom is -0.342 e. The number of amides is 2. The maximum absolute atomic E-state index is 13.0. The molecule has 0 radical (unpaired) electrons. The van der Waals surface area contributed by atoms with Crippen molar-refractivity contribution in [1.29, 1.82) is 0 Å². The first-order valence-corrected chi connectivity index (χ1v) is 11.6. The second-order valence-corrected chi connectivity index (χ2v) is 9.21. The Morgan fingerprint density at radius 2 is 1.61 bits per heavy atom. The molecule has 5 rings (SSSR count). The largest absolute Gasteiger partial charge is 0.342 e. The van der Waals surface area contributed by atoms with Gasteiger partial charge < -0.3 is 4.57 Å². The third kappa shape index (κ3) is 4.33. The van der Waals surface area contributed by atoms with Gasteiger partial charge in [0.25, 0.3) is 11.8 Å². The Labute approximate surface area is 200 Å². The van der Waals surface area contributed by atoms with Crippen LogP contribution in [0.4, 0.5) is 0 Å². The maximum Gasteiger partial charge on any atom is 0.285 e. The number of hydrogen-bond acceptors (Lipinski definition) is 4. The molecule has 3 aromatic carbocycles. The number of carbonyl (C=O) groups is 2. The standard InChI is InChI=1S/C26H19N3O2S2/c30-24(19-11-5-2-6-12-19)27-29-25(31)23(33-26(29)32)15-20-17-28(16-18-9-3-1-4-10-18)22-14-8-7-13-21(20)22/h1-15,17H,16H2,(H,27,30)/b23-15-. The molecule has 2 amide bonds. The molecule has 33 heavy (non-hydrogen) atoms. The number of carbonyl (C=O) groups excluding carboxylic acids is 2. The van der Waals surface area contributed by atoms with E-state index in [1.165, 1.54) is 17.3 Å². The molecule has 1 fully saturated rings. The van der Waals surface area contributed by atoms with Crippen LogP contribution in [0.3, 0.4) is 0 Å². The third-order valence-corrected chi connectivity index (χ3v) is 6.65. The van der Waals surface area contributed by atoms with E-state index in [1.807, 2.05) is 54.7 Å². The molecule has 0 atom stereocenters. The zero-order valence-corrected chi connectivity index (χ0v) is 19.1.